The van der Waals surface area contributed by atoms with E-state index in [1.807, 2.05) is 0 Å². The number of nitrogens with zero attached hydrogens (tertiary/aromatic N) is 2. The van der Waals surface area contributed by atoms with Crippen LogP contribution in [0.15, 0.2) is 53.4 Å². The van der Waals surface area contributed by atoms with Gasteiger partial charge in [-0.2, -0.15) is 0 Å². The smallest absolute Gasteiger partial charge is 0.264 e. The summed E-state index contributed by atoms with van der Waals surface area (Å²) in [5, 5.41) is 0. The van der Waals surface area contributed by atoms with Crippen molar-refractivity contribution in [3.63, 3.8) is 0 Å². The Morgan fingerprint density at radius 2 is 1.41 bits per heavy atom. The van der Waals surface area contributed by atoms with Crippen LogP contribution in [-0.4, -0.2) is 38.9 Å². The van der Waals surface area contributed by atoms with Crippen LogP contribution >= 0.6 is 0 Å². The van der Waals surface area contributed by atoms with Crippen molar-refractivity contribution in [3.8, 4) is 0 Å². The van der Waals surface area contributed by atoms with Gasteiger partial charge in [-0.1, -0.05) is 0 Å². The number of halogens is 2. The normalized spacial score (nSPS) is 14.8. The van der Waals surface area contributed by atoms with Gasteiger partial charge in [0, 0.05) is 13.1 Å². The molecular formula is C19H20F2N2O3S. The molecule has 0 aromatic heterocycles. The Hall–Kier alpha value is -2.48. The van der Waals surface area contributed by atoms with Gasteiger partial charge in [-0.25, -0.2) is 17.2 Å². The Morgan fingerprint density at radius 3 is 1.96 bits per heavy atom. The number of amides is 1. The lowest BCUT2D eigenvalue weighted by atomic mass is 10.1. The minimum absolute atomic E-state index is 0.139. The molecule has 144 valence electrons. The van der Waals surface area contributed by atoms with Gasteiger partial charge in [0.2, 0.25) is 5.91 Å². The maximum Gasteiger partial charge on any atom is 0.264 e. The molecule has 1 saturated heterocycles. The topological polar surface area (TPSA) is 57.7 Å². The summed E-state index contributed by atoms with van der Waals surface area (Å²) < 4.78 is 53.6. The number of piperidine rings is 1. The molecule has 5 nitrogen and oxygen atoms in total. The maximum absolute atomic E-state index is 13.3. The highest BCUT2D eigenvalue weighted by molar-refractivity contribution is 7.92. The highest BCUT2D eigenvalue weighted by Crippen LogP contribution is 2.25. The molecule has 1 fully saturated rings. The summed E-state index contributed by atoms with van der Waals surface area (Å²) in [6.07, 6.45) is 2.80. The second-order valence-corrected chi connectivity index (χ2v) is 8.25. The number of hydrogen-bond acceptors (Lipinski definition) is 3. The number of anilines is 1. The third kappa shape index (κ3) is 4.44. The molecule has 0 atom stereocenters. The van der Waals surface area contributed by atoms with Crippen molar-refractivity contribution in [1.29, 1.82) is 0 Å². The Bertz CT molecular complexity index is 894. The summed E-state index contributed by atoms with van der Waals surface area (Å²) in [4.78, 5) is 14.2. The minimum Gasteiger partial charge on any atom is -0.341 e. The van der Waals surface area contributed by atoms with E-state index in [0.717, 1.165) is 60.0 Å². The lowest BCUT2D eigenvalue weighted by molar-refractivity contribution is -0.130. The highest BCUT2D eigenvalue weighted by atomic mass is 32.2. The van der Waals surface area contributed by atoms with E-state index < -0.39 is 28.2 Å². The van der Waals surface area contributed by atoms with E-state index in [9.17, 15) is 22.0 Å². The lowest BCUT2D eigenvalue weighted by Gasteiger charge is -2.30. The van der Waals surface area contributed by atoms with Gasteiger partial charge in [-0.3, -0.25) is 9.10 Å². The number of benzene rings is 2. The van der Waals surface area contributed by atoms with E-state index >= 15 is 0 Å². The molecule has 0 unspecified atom stereocenters. The first-order valence-electron chi connectivity index (χ1n) is 8.69. The van der Waals surface area contributed by atoms with E-state index in [1.165, 1.54) is 12.1 Å². The number of hydrogen-bond donors (Lipinski definition) is 0. The van der Waals surface area contributed by atoms with Crippen LogP contribution in [0.3, 0.4) is 0 Å². The van der Waals surface area contributed by atoms with Gasteiger partial charge in [0.15, 0.2) is 0 Å². The molecule has 2 aromatic rings. The van der Waals surface area contributed by atoms with Gasteiger partial charge >= 0.3 is 0 Å². The van der Waals surface area contributed by atoms with Gasteiger partial charge < -0.3 is 4.90 Å². The summed E-state index contributed by atoms with van der Waals surface area (Å²) >= 11 is 0. The predicted octanol–water partition coefficient (Wildman–Crippen LogP) is 3.17. The van der Waals surface area contributed by atoms with Crippen LogP contribution in [0.2, 0.25) is 0 Å². The largest absolute Gasteiger partial charge is 0.341 e. The molecule has 0 aliphatic carbocycles. The van der Waals surface area contributed by atoms with Crippen LogP contribution in [-0.2, 0) is 14.8 Å². The van der Waals surface area contributed by atoms with Crippen molar-refractivity contribution >= 4 is 21.6 Å². The van der Waals surface area contributed by atoms with Gasteiger partial charge in [-0.05, 0) is 67.8 Å². The first-order chi connectivity index (χ1) is 12.9. The molecular weight excluding hydrogens is 374 g/mol. The zero-order valence-electron chi connectivity index (χ0n) is 14.6. The van der Waals surface area contributed by atoms with Crippen LogP contribution in [0.1, 0.15) is 19.3 Å². The van der Waals surface area contributed by atoms with Crippen LogP contribution in [0.4, 0.5) is 14.5 Å². The summed E-state index contributed by atoms with van der Waals surface area (Å²) in [7, 11) is -4.12. The summed E-state index contributed by atoms with van der Waals surface area (Å²) in [6.45, 7) is 0.782. The molecule has 2 aromatic carbocycles. The minimum atomic E-state index is -4.12. The van der Waals surface area contributed by atoms with Crippen LogP contribution < -0.4 is 4.31 Å². The van der Waals surface area contributed by atoms with E-state index in [4.69, 9.17) is 0 Å². The first-order valence-corrected chi connectivity index (χ1v) is 10.1. The Morgan fingerprint density at radius 1 is 0.889 bits per heavy atom. The lowest BCUT2D eigenvalue weighted by Crippen LogP contribution is -2.44. The second kappa shape index (κ2) is 8.04. The van der Waals surface area contributed by atoms with Crippen molar-refractivity contribution in [2.75, 3.05) is 23.9 Å². The molecule has 1 aliphatic rings. The third-order valence-corrected chi connectivity index (χ3v) is 6.29. The molecule has 1 amide bonds. The van der Waals surface area contributed by atoms with Gasteiger partial charge in [0.05, 0.1) is 10.6 Å². The van der Waals surface area contributed by atoms with E-state index in [2.05, 4.69) is 0 Å². The summed E-state index contributed by atoms with van der Waals surface area (Å²) in [6, 6.07) is 9.25. The van der Waals surface area contributed by atoms with E-state index in [1.54, 1.807) is 4.90 Å². The first kappa shape index (κ1) is 19.3. The number of carbonyl (C=O) groups excluding carboxylic acids is 1. The molecule has 1 aliphatic heterocycles. The highest BCUT2D eigenvalue weighted by Gasteiger charge is 2.29. The molecule has 3 rings (SSSR count). The average molecular weight is 394 g/mol. The fourth-order valence-corrected chi connectivity index (χ4v) is 4.44. The van der Waals surface area contributed by atoms with Crippen molar-refractivity contribution in [3.05, 3.63) is 60.2 Å². The molecule has 0 N–H and O–H groups in total. The van der Waals surface area contributed by atoms with Crippen molar-refractivity contribution < 1.29 is 22.0 Å². The van der Waals surface area contributed by atoms with Crippen LogP contribution in [0.25, 0.3) is 0 Å². The number of sulfonamides is 1. The van der Waals surface area contributed by atoms with E-state index in [0.29, 0.717) is 13.1 Å². The Kier molecular flexibility index (Phi) is 5.74. The molecule has 0 spiro atoms. The maximum atomic E-state index is 13.3. The monoisotopic (exact) mass is 394 g/mol. The van der Waals surface area contributed by atoms with Crippen LogP contribution in [0.5, 0.6) is 0 Å². The van der Waals surface area contributed by atoms with Gasteiger partial charge in [0.1, 0.15) is 18.2 Å². The van der Waals surface area contributed by atoms with Crippen LogP contribution in [0, 0.1) is 11.6 Å². The molecule has 0 saturated carbocycles. The standard InChI is InChI=1S/C19H20F2N2O3S/c20-15-4-8-17(9-5-15)23(14-19(24)22-12-2-1-3-13-22)27(25,26)18-10-6-16(21)7-11-18/h4-11H,1-3,12-14H2. The molecule has 1 heterocycles. The van der Waals surface area contributed by atoms with Crippen molar-refractivity contribution in [2.45, 2.75) is 24.2 Å². The molecule has 0 bridgehead atoms. The Balaban J connectivity index is 1.95. The summed E-state index contributed by atoms with van der Waals surface area (Å²) in [5.74, 6) is -1.39. The number of likely N-dealkylation sites (tertiary alicyclic amines) is 1. The zero-order valence-corrected chi connectivity index (χ0v) is 15.5. The zero-order chi connectivity index (χ0) is 19.4. The molecule has 0 radical (unpaired) electrons. The second-order valence-electron chi connectivity index (χ2n) is 6.38. The Labute approximate surface area is 157 Å². The van der Waals surface area contributed by atoms with Gasteiger partial charge in [0.25, 0.3) is 10.0 Å². The van der Waals surface area contributed by atoms with Crippen molar-refractivity contribution in [1.82, 2.24) is 4.90 Å². The fraction of sp³-hybridized carbons (Fsp3) is 0.316. The van der Waals surface area contributed by atoms with E-state index in [-0.39, 0.29) is 16.5 Å². The molecule has 8 heteroatoms. The number of rotatable bonds is 5. The average Bonchev–Trinajstić information content (AvgIpc) is 2.68. The SMILES string of the molecule is O=C(CN(c1ccc(F)cc1)S(=O)(=O)c1ccc(F)cc1)N1CCCCC1. The molecule has 27 heavy (non-hydrogen) atoms. The summed E-state index contributed by atoms with van der Waals surface area (Å²) in [5.41, 5.74) is 0.172. The van der Waals surface area contributed by atoms with Gasteiger partial charge in [-0.15, -0.1) is 0 Å². The van der Waals surface area contributed by atoms with Crippen molar-refractivity contribution in [2.24, 2.45) is 0 Å². The quantitative estimate of drug-likeness (QED) is 0.783. The number of carbonyl (C=O) groups is 1. The predicted molar refractivity (Wildman–Crippen MR) is 97.8 cm³/mol. The third-order valence-electron chi connectivity index (χ3n) is 4.50. The fourth-order valence-electron chi connectivity index (χ4n) is 3.02.